The summed E-state index contributed by atoms with van der Waals surface area (Å²) in [6.45, 7) is 0.497. The first kappa shape index (κ1) is 17.3. The van der Waals surface area contributed by atoms with E-state index in [0.29, 0.717) is 0 Å². The maximum Gasteiger partial charge on any atom is 0.573 e. The van der Waals surface area contributed by atoms with Crippen LogP contribution in [0.5, 0.6) is 5.75 Å². The van der Waals surface area contributed by atoms with Crippen molar-refractivity contribution in [3.05, 3.63) is 29.8 Å². The molecule has 0 aromatic heterocycles. The lowest BCUT2D eigenvalue weighted by molar-refractivity contribution is -0.274. The second-order valence-corrected chi connectivity index (χ2v) is 3.88. The summed E-state index contributed by atoms with van der Waals surface area (Å²) in [5.74, 6) is -2.70. The van der Waals surface area contributed by atoms with Gasteiger partial charge in [-0.3, -0.25) is 20.4 Å². The van der Waals surface area contributed by atoms with Crippen molar-refractivity contribution in [3.63, 3.8) is 0 Å². The zero-order valence-corrected chi connectivity index (χ0v) is 11.2. The Hall–Kier alpha value is -2.78. The summed E-state index contributed by atoms with van der Waals surface area (Å²) < 4.78 is 44.1. The van der Waals surface area contributed by atoms with E-state index in [1.165, 1.54) is 0 Å². The molecule has 0 unspecified atom stereocenters. The fraction of sp³-hybridized carbons (Fsp3) is 0.250. The Bertz CT molecular complexity index is 557. The molecule has 0 heterocycles. The molecule has 2 amide bonds. The molecule has 0 fully saturated rings. The smallest absolute Gasteiger partial charge is 0.452 e. The van der Waals surface area contributed by atoms with Crippen LogP contribution in [0.1, 0.15) is 17.3 Å². The van der Waals surface area contributed by atoms with E-state index in [2.05, 4.69) is 9.47 Å². The molecule has 1 aromatic rings. The highest BCUT2D eigenvalue weighted by Crippen LogP contribution is 2.22. The third-order valence-corrected chi connectivity index (χ3v) is 2.04. The van der Waals surface area contributed by atoms with E-state index < -0.39 is 36.5 Å². The molecule has 0 bridgehead atoms. The third-order valence-electron chi connectivity index (χ3n) is 2.04. The average Bonchev–Trinajstić information content (AvgIpc) is 2.41. The van der Waals surface area contributed by atoms with Crippen LogP contribution in [0.3, 0.4) is 0 Å². The summed E-state index contributed by atoms with van der Waals surface area (Å²) in [4.78, 5) is 33.2. The zero-order valence-electron chi connectivity index (χ0n) is 11.2. The predicted molar refractivity (Wildman–Crippen MR) is 65.4 cm³/mol. The monoisotopic (exact) mass is 320 g/mol. The van der Waals surface area contributed by atoms with E-state index in [9.17, 15) is 27.6 Å². The van der Waals surface area contributed by atoms with Crippen LogP contribution in [-0.4, -0.2) is 30.8 Å². The van der Waals surface area contributed by atoms with Crippen molar-refractivity contribution in [1.29, 1.82) is 0 Å². The van der Waals surface area contributed by atoms with Crippen LogP contribution in [0.15, 0.2) is 24.3 Å². The van der Waals surface area contributed by atoms with E-state index in [1.54, 1.807) is 0 Å². The van der Waals surface area contributed by atoms with E-state index >= 15 is 0 Å². The number of carbonyl (C=O) groups is 3. The van der Waals surface area contributed by atoms with Gasteiger partial charge in [-0.05, 0) is 24.3 Å². The molecule has 0 aliphatic rings. The summed E-state index contributed by atoms with van der Waals surface area (Å²) in [6.07, 6.45) is -4.83. The number of rotatable bonds is 4. The summed E-state index contributed by atoms with van der Waals surface area (Å²) in [5.41, 5.74) is 3.88. The van der Waals surface area contributed by atoms with Crippen molar-refractivity contribution in [3.8, 4) is 5.75 Å². The fourth-order valence-electron chi connectivity index (χ4n) is 1.20. The number of hydrogen-bond acceptors (Lipinski definition) is 5. The Labute approximate surface area is 122 Å². The predicted octanol–water partition coefficient (Wildman–Crippen LogP) is 0.909. The fourth-order valence-corrected chi connectivity index (χ4v) is 1.20. The van der Waals surface area contributed by atoms with Gasteiger partial charge in [0, 0.05) is 6.92 Å². The van der Waals surface area contributed by atoms with Crippen molar-refractivity contribution in [2.24, 2.45) is 0 Å². The molecule has 1 aromatic carbocycles. The van der Waals surface area contributed by atoms with Crippen molar-refractivity contribution in [1.82, 2.24) is 10.9 Å². The molecule has 120 valence electrons. The minimum absolute atomic E-state index is 0.0677. The molecule has 22 heavy (non-hydrogen) atoms. The number of carbonyl (C=O) groups excluding carboxylic acids is 3. The standard InChI is InChI=1S/C12H11F3N2O5/c1-7(18)16-17-10(19)6-21-11(20)8-2-4-9(5-3-8)22-12(13,14)15/h2-5H,6H2,1H3,(H,16,18)(H,17,19). The molecule has 0 spiro atoms. The van der Waals surface area contributed by atoms with Gasteiger partial charge in [0.2, 0.25) is 5.91 Å². The quantitative estimate of drug-likeness (QED) is 0.635. The number of ether oxygens (including phenoxy) is 2. The molecular formula is C12H11F3N2O5. The first-order valence-electron chi connectivity index (χ1n) is 5.76. The number of amides is 2. The largest absolute Gasteiger partial charge is 0.573 e. The lowest BCUT2D eigenvalue weighted by Crippen LogP contribution is -2.42. The number of nitrogens with one attached hydrogen (secondary N) is 2. The van der Waals surface area contributed by atoms with Crippen LogP contribution >= 0.6 is 0 Å². The van der Waals surface area contributed by atoms with Gasteiger partial charge in [-0.1, -0.05) is 0 Å². The lowest BCUT2D eigenvalue weighted by atomic mass is 10.2. The second-order valence-electron chi connectivity index (χ2n) is 3.88. The Kier molecular flexibility index (Phi) is 5.72. The summed E-state index contributed by atoms with van der Waals surface area (Å²) >= 11 is 0. The number of hydrogen-bond donors (Lipinski definition) is 2. The van der Waals surface area contributed by atoms with E-state index in [1.807, 2.05) is 10.9 Å². The molecule has 7 nitrogen and oxygen atoms in total. The Morgan fingerprint density at radius 1 is 1.09 bits per heavy atom. The van der Waals surface area contributed by atoms with Gasteiger partial charge in [-0.15, -0.1) is 13.2 Å². The molecule has 2 N–H and O–H groups in total. The number of alkyl halides is 3. The van der Waals surface area contributed by atoms with Crippen molar-refractivity contribution >= 4 is 17.8 Å². The molecule has 0 saturated heterocycles. The second kappa shape index (κ2) is 7.29. The normalized spacial score (nSPS) is 10.5. The van der Waals surface area contributed by atoms with Crippen LogP contribution < -0.4 is 15.6 Å². The topological polar surface area (TPSA) is 93.7 Å². The van der Waals surface area contributed by atoms with Gasteiger partial charge in [0.05, 0.1) is 5.56 Å². The highest BCUT2D eigenvalue weighted by molar-refractivity contribution is 5.91. The van der Waals surface area contributed by atoms with Crippen LogP contribution in [0, 0.1) is 0 Å². The molecule has 0 aliphatic heterocycles. The number of halogens is 3. The van der Waals surface area contributed by atoms with E-state index in [4.69, 9.17) is 0 Å². The van der Waals surface area contributed by atoms with Gasteiger partial charge in [0.25, 0.3) is 5.91 Å². The van der Waals surface area contributed by atoms with Crippen LogP contribution in [0.25, 0.3) is 0 Å². The summed E-state index contributed by atoms with van der Waals surface area (Å²) in [5, 5.41) is 0. The maximum atomic E-state index is 12.0. The van der Waals surface area contributed by atoms with Gasteiger partial charge < -0.3 is 9.47 Å². The number of hydrazine groups is 1. The Balaban J connectivity index is 2.49. The lowest BCUT2D eigenvalue weighted by Gasteiger charge is -2.09. The molecule has 10 heteroatoms. The maximum absolute atomic E-state index is 12.0. The highest BCUT2D eigenvalue weighted by Gasteiger charge is 2.31. The molecule has 0 saturated carbocycles. The van der Waals surface area contributed by atoms with Crippen LogP contribution in [0.2, 0.25) is 0 Å². The molecule has 0 atom stereocenters. The average molecular weight is 320 g/mol. The van der Waals surface area contributed by atoms with E-state index in [-0.39, 0.29) is 5.56 Å². The first-order valence-corrected chi connectivity index (χ1v) is 5.76. The van der Waals surface area contributed by atoms with E-state index in [0.717, 1.165) is 31.2 Å². The molecule has 1 rings (SSSR count). The Morgan fingerprint density at radius 3 is 2.18 bits per heavy atom. The third kappa shape index (κ3) is 6.59. The zero-order chi connectivity index (χ0) is 16.8. The minimum Gasteiger partial charge on any atom is -0.452 e. The number of benzene rings is 1. The van der Waals surface area contributed by atoms with Gasteiger partial charge in [0.15, 0.2) is 6.61 Å². The van der Waals surface area contributed by atoms with Gasteiger partial charge in [0.1, 0.15) is 5.75 Å². The molecule has 0 radical (unpaired) electrons. The SMILES string of the molecule is CC(=O)NNC(=O)COC(=O)c1ccc(OC(F)(F)F)cc1. The van der Waals surface area contributed by atoms with Crippen molar-refractivity contribution in [2.75, 3.05) is 6.61 Å². The molecule has 0 aliphatic carbocycles. The van der Waals surface area contributed by atoms with Gasteiger partial charge >= 0.3 is 12.3 Å². The van der Waals surface area contributed by atoms with Crippen molar-refractivity contribution < 1.29 is 37.0 Å². The van der Waals surface area contributed by atoms with Crippen LogP contribution in [0.4, 0.5) is 13.2 Å². The minimum atomic E-state index is -4.83. The summed E-state index contributed by atoms with van der Waals surface area (Å²) in [7, 11) is 0. The van der Waals surface area contributed by atoms with Gasteiger partial charge in [-0.2, -0.15) is 0 Å². The number of esters is 1. The Morgan fingerprint density at radius 2 is 1.68 bits per heavy atom. The molecular weight excluding hydrogens is 309 g/mol. The summed E-state index contributed by atoms with van der Waals surface area (Å²) in [6, 6.07) is 3.97. The van der Waals surface area contributed by atoms with Crippen LogP contribution in [-0.2, 0) is 14.3 Å². The van der Waals surface area contributed by atoms with Gasteiger partial charge in [-0.25, -0.2) is 4.79 Å². The first-order chi connectivity index (χ1) is 10.2. The highest BCUT2D eigenvalue weighted by atomic mass is 19.4. The van der Waals surface area contributed by atoms with Crippen molar-refractivity contribution in [2.45, 2.75) is 13.3 Å².